The summed E-state index contributed by atoms with van der Waals surface area (Å²) < 4.78 is 15.0. The molecular weight excluding hydrogens is 365 g/mol. The number of unbranched alkanes of at least 4 members (excludes halogenated alkanes) is 4. The Morgan fingerprint density at radius 2 is 1.96 bits per heavy atom. The molecule has 25 heavy (non-hydrogen) atoms. The third-order valence-electron chi connectivity index (χ3n) is 3.33. The quantitative estimate of drug-likeness (QED) is 0.232. The van der Waals surface area contributed by atoms with E-state index in [2.05, 4.69) is 21.7 Å². The molecule has 7 nitrogen and oxygen atoms in total. The van der Waals surface area contributed by atoms with Crippen molar-refractivity contribution in [3.8, 4) is 0 Å². The summed E-state index contributed by atoms with van der Waals surface area (Å²) in [6.07, 6.45) is 8.54. The van der Waals surface area contributed by atoms with Crippen LogP contribution in [-0.4, -0.2) is 17.5 Å². The summed E-state index contributed by atoms with van der Waals surface area (Å²) in [5.74, 6) is -0.203. The normalized spacial score (nSPS) is 11.8. The average Bonchev–Trinajstić information content (AvgIpc) is 2.51. The van der Waals surface area contributed by atoms with Gasteiger partial charge in [0.2, 0.25) is 5.91 Å². The molecule has 0 saturated heterocycles. The molecule has 1 N–H and O–H groups in total. The molecule has 0 radical (unpaired) electrons. The maximum atomic E-state index is 12.0. The van der Waals surface area contributed by atoms with E-state index in [0.717, 1.165) is 32.1 Å². The van der Waals surface area contributed by atoms with E-state index in [9.17, 15) is 19.1 Å². The maximum absolute atomic E-state index is 12.0. The zero-order chi connectivity index (χ0) is 17.1. The number of pyridine rings is 1. The van der Waals surface area contributed by atoms with Gasteiger partial charge < -0.3 is 24.2 Å². The van der Waals surface area contributed by atoms with E-state index in [-0.39, 0.29) is 65.0 Å². The van der Waals surface area contributed by atoms with Gasteiger partial charge in [-0.1, -0.05) is 38.7 Å². The molecule has 0 bridgehead atoms. The number of nitrogens with one attached hydrogen (secondary N) is 1. The fourth-order valence-corrected chi connectivity index (χ4v) is 2.46. The first kappa shape index (κ1) is 27.9. The van der Waals surface area contributed by atoms with Gasteiger partial charge in [0.15, 0.2) is 0 Å². The fourth-order valence-electron chi connectivity index (χ4n) is 2.12. The minimum Gasteiger partial charge on any atom is -0.790 e. The van der Waals surface area contributed by atoms with Crippen LogP contribution in [0.25, 0.3) is 0 Å². The maximum Gasteiger partial charge on any atom is 1.00 e. The molecule has 1 atom stereocenters. The van der Waals surface area contributed by atoms with Gasteiger partial charge in [0.1, 0.15) is 0 Å². The van der Waals surface area contributed by atoms with Crippen LogP contribution in [0.1, 0.15) is 57.1 Å². The van der Waals surface area contributed by atoms with Crippen molar-refractivity contribution in [1.82, 2.24) is 10.3 Å². The largest absolute Gasteiger partial charge is 1.00 e. The summed E-state index contributed by atoms with van der Waals surface area (Å²) in [6, 6.07) is 2.62. The van der Waals surface area contributed by atoms with E-state index >= 15 is 0 Å². The summed E-state index contributed by atoms with van der Waals surface area (Å²) in [4.78, 5) is 37.2. The van der Waals surface area contributed by atoms with Gasteiger partial charge in [-0.25, -0.2) is 0 Å². The van der Waals surface area contributed by atoms with E-state index in [0.29, 0.717) is 12.0 Å². The monoisotopic (exact) mass is 388 g/mol. The molecule has 1 amide bonds. The van der Waals surface area contributed by atoms with Crippen LogP contribution in [0, 0.1) is 0 Å². The molecule has 0 saturated carbocycles. The first-order valence-corrected chi connectivity index (χ1v) is 9.24. The number of rotatable bonds is 11. The molecule has 0 fully saturated rings. The molecule has 1 unspecified atom stereocenters. The van der Waals surface area contributed by atoms with E-state index in [1.165, 1.54) is 6.20 Å². The number of carbonyl (C=O) groups excluding carboxylic acids is 1. The Balaban J connectivity index is 0. The molecule has 1 aromatic heterocycles. The topological polar surface area (TPSA) is 114 Å². The van der Waals surface area contributed by atoms with Crippen molar-refractivity contribution < 1.29 is 82.8 Å². The van der Waals surface area contributed by atoms with Gasteiger partial charge in [-0.3, -0.25) is 9.78 Å². The zero-order valence-corrected chi connectivity index (χ0v) is 20.2. The van der Waals surface area contributed by atoms with Crippen molar-refractivity contribution in [3.63, 3.8) is 0 Å². The van der Waals surface area contributed by atoms with Gasteiger partial charge >= 0.3 is 59.1 Å². The van der Waals surface area contributed by atoms with Gasteiger partial charge in [-0.15, -0.1) is 0 Å². The Bertz CT molecular complexity index is 516. The first-order valence-electron chi connectivity index (χ1n) is 7.78. The van der Waals surface area contributed by atoms with Gasteiger partial charge in [0.05, 0.1) is 20.5 Å². The molecule has 1 rings (SSSR count). The van der Waals surface area contributed by atoms with Gasteiger partial charge in [-0.05, 0) is 18.1 Å². The van der Waals surface area contributed by atoms with Crippen LogP contribution in [0.2, 0.25) is 0 Å². The molecule has 0 aliphatic heterocycles. The standard InChI is InChI=1S/C15H25N2O5P.2Na/c1-2-3-4-5-6-9-15(18)17-14(12-22-23(19,20)21)13-8-7-10-16-11-13;;/h7-8,10-11,14H,2-6,9,12H2,1H3,(H,17,18)(H2,19,20,21);;/q;2*+1/p-2. The molecule has 0 aliphatic rings. The Morgan fingerprint density at radius 3 is 2.52 bits per heavy atom. The Hall–Kier alpha value is 0.730. The minimum absolute atomic E-state index is 0. The van der Waals surface area contributed by atoms with Crippen molar-refractivity contribution >= 4 is 13.7 Å². The Kier molecular flexibility index (Phi) is 17.6. The van der Waals surface area contributed by atoms with Gasteiger partial charge in [-0.2, -0.15) is 0 Å². The van der Waals surface area contributed by atoms with Crippen molar-refractivity contribution in [2.45, 2.75) is 51.5 Å². The number of hydrogen-bond donors (Lipinski definition) is 1. The number of phosphoric acid groups is 1. The number of carbonyl (C=O) groups is 1. The third-order valence-corrected chi connectivity index (χ3v) is 3.79. The van der Waals surface area contributed by atoms with Crippen molar-refractivity contribution in [2.75, 3.05) is 6.61 Å². The molecule has 0 aromatic carbocycles. The molecular formula is C15H23N2Na2O5P. The van der Waals surface area contributed by atoms with Crippen molar-refractivity contribution in [1.29, 1.82) is 0 Å². The number of hydrogen-bond acceptors (Lipinski definition) is 6. The van der Waals surface area contributed by atoms with Crippen LogP contribution in [-0.2, 0) is 13.9 Å². The summed E-state index contributed by atoms with van der Waals surface area (Å²) in [5.41, 5.74) is 0.584. The van der Waals surface area contributed by atoms with Crippen molar-refractivity contribution in [3.05, 3.63) is 30.1 Å². The zero-order valence-electron chi connectivity index (χ0n) is 15.3. The summed E-state index contributed by atoms with van der Waals surface area (Å²) in [5, 5.41) is 2.69. The summed E-state index contributed by atoms with van der Waals surface area (Å²) >= 11 is 0. The second-order valence-corrected chi connectivity index (χ2v) is 6.47. The van der Waals surface area contributed by atoms with E-state index in [4.69, 9.17) is 0 Å². The van der Waals surface area contributed by atoms with Crippen LogP contribution < -0.4 is 74.2 Å². The fraction of sp³-hybridized carbons (Fsp3) is 0.600. The Morgan fingerprint density at radius 1 is 1.28 bits per heavy atom. The number of amides is 1. The predicted octanol–water partition coefficient (Wildman–Crippen LogP) is -4.55. The number of aromatic nitrogens is 1. The minimum atomic E-state index is -5.09. The van der Waals surface area contributed by atoms with Crippen LogP contribution in [0.3, 0.4) is 0 Å². The molecule has 0 aliphatic carbocycles. The predicted molar refractivity (Wildman–Crippen MR) is 82.1 cm³/mol. The van der Waals surface area contributed by atoms with Gasteiger partial charge in [0.25, 0.3) is 0 Å². The van der Waals surface area contributed by atoms with Gasteiger partial charge in [0, 0.05) is 18.8 Å². The molecule has 10 heteroatoms. The first-order chi connectivity index (χ1) is 10.9. The summed E-state index contributed by atoms with van der Waals surface area (Å²) in [7, 11) is -5.09. The van der Waals surface area contributed by atoms with E-state index in [1.807, 2.05) is 0 Å². The van der Waals surface area contributed by atoms with E-state index < -0.39 is 20.5 Å². The molecule has 1 heterocycles. The molecule has 1 aromatic rings. The third kappa shape index (κ3) is 14.5. The molecule has 0 spiro atoms. The summed E-state index contributed by atoms with van der Waals surface area (Å²) in [6.45, 7) is 1.69. The Labute approximate surface area is 193 Å². The van der Waals surface area contributed by atoms with Crippen LogP contribution in [0.15, 0.2) is 24.5 Å². The smallest absolute Gasteiger partial charge is 0.790 e. The second-order valence-electron chi connectivity index (χ2n) is 5.31. The van der Waals surface area contributed by atoms with Crippen LogP contribution >= 0.6 is 7.82 Å². The average molecular weight is 388 g/mol. The molecule has 130 valence electrons. The van der Waals surface area contributed by atoms with Crippen LogP contribution in [0.4, 0.5) is 0 Å². The van der Waals surface area contributed by atoms with Crippen LogP contribution in [0.5, 0.6) is 0 Å². The van der Waals surface area contributed by atoms with Crippen molar-refractivity contribution in [2.24, 2.45) is 0 Å². The number of nitrogens with zero attached hydrogens (tertiary/aromatic N) is 1. The second kappa shape index (κ2) is 15.8. The number of phosphoric ester groups is 1. The SMILES string of the molecule is CCCCCCCC(=O)NC(COP(=O)([O-])[O-])c1cccnc1.[Na+].[Na+]. The van der Waals surface area contributed by atoms with E-state index in [1.54, 1.807) is 18.3 Å².